The summed E-state index contributed by atoms with van der Waals surface area (Å²) < 4.78 is 41.3. The molecule has 1 N–H and O–H groups in total. The summed E-state index contributed by atoms with van der Waals surface area (Å²) in [6.45, 7) is 5.48. The second-order valence-electron chi connectivity index (χ2n) is 7.59. The molecule has 3 rings (SSSR count). The molecule has 31 heavy (non-hydrogen) atoms. The Labute approximate surface area is 177 Å². The van der Waals surface area contributed by atoms with Gasteiger partial charge in [-0.05, 0) is 44.0 Å². The molecule has 0 radical (unpaired) electrons. The minimum Gasteiger partial charge on any atom is -0.351 e. The first-order chi connectivity index (χ1) is 14.6. The van der Waals surface area contributed by atoms with Gasteiger partial charge in [0.1, 0.15) is 0 Å². The number of rotatable bonds is 6. The maximum atomic E-state index is 13.0. The van der Waals surface area contributed by atoms with E-state index in [9.17, 15) is 22.8 Å². The lowest BCUT2D eigenvalue weighted by molar-refractivity contribution is -0.137. The fourth-order valence-electron chi connectivity index (χ4n) is 3.14. The summed E-state index contributed by atoms with van der Waals surface area (Å²) in [5.74, 6) is 0.00452. The predicted molar refractivity (Wildman–Crippen MR) is 112 cm³/mol. The van der Waals surface area contributed by atoms with Crippen molar-refractivity contribution in [2.45, 2.75) is 46.1 Å². The zero-order valence-corrected chi connectivity index (χ0v) is 17.4. The molecule has 0 bridgehead atoms. The number of anilines is 1. The molecule has 2 aromatic carbocycles. The summed E-state index contributed by atoms with van der Waals surface area (Å²) in [5.41, 5.74) is 0.203. The van der Waals surface area contributed by atoms with Gasteiger partial charge in [-0.2, -0.15) is 18.2 Å². The molecule has 0 aliphatic heterocycles. The molecular formula is C22H23F3N4O2. The first-order valence-electron chi connectivity index (χ1n) is 9.75. The van der Waals surface area contributed by atoms with Crippen molar-refractivity contribution < 1.29 is 13.2 Å². The highest BCUT2D eigenvalue weighted by Gasteiger charge is 2.30. The van der Waals surface area contributed by atoms with Crippen LogP contribution >= 0.6 is 0 Å². The first kappa shape index (κ1) is 22.3. The van der Waals surface area contributed by atoms with E-state index in [4.69, 9.17) is 0 Å². The topological polar surface area (TPSA) is 68.9 Å². The number of alkyl halides is 3. The summed E-state index contributed by atoms with van der Waals surface area (Å²) in [7, 11) is 0. The molecule has 0 saturated carbocycles. The molecule has 1 heterocycles. The van der Waals surface area contributed by atoms with Gasteiger partial charge in [0, 0.05) is 12.6 Å². The Balaban J connectivity index is 1.98. The maximum absolute atomic E-state index is 13.0. The molecule has 1 aromatic heterocycles. The van der Waals surface area contributed by atoms with Gasteiger partial charge >= 0.3 is 17.6 Å². The normalized spacial score (nSPS) is 11.7. The number of nitrogens with one attached hydrogen (secondary N) is 1. The van der Waals surface area contributed by atoms with Crippen LogP contribution < -0.4 is 16.7 Å². The van der Waals surface area contributed by atoms with E-state index in [1.807, 2.05) is 31.2 Å². The minimum absolute atomic E-state index is 0.00452. The average molecular weight is 432 g/mol. The van der Waals surface area contributed by atoms with Crippen molar-refractivity contribution in [2.24, 2.45) is 0 Å². The first-order valence-corrected chi connectivity index (χ1v) is 9.75. The molecule has 0 amide bonds. The lowest BCUT2D eigenvalue weighted by Gasteiger charge is -2.17. The van der Waals surface area contributed by atoms with Gasteiger partial charge < -0.3 is 5.32 Å². The van der Waals surface area contributed by atoms with Crippen molar-refractivity contribution in [3.8, 4) is 0 Å². The largest absolute Gasteiger partial charge is 0.416 e. The molecule has 0 fully saturated rings. The van der Waals surface area contributed by atoms with Crippen molar-refractivity contribution >= 4 is 5.95 Å². The summed E-state index contributed by atoms with van der Waals surface area (Å²) in [5, 5.41) is 2.86. The molecule has 0 aliphatic rings. The third-order valence-electron chi connectivity index (χ3n) is 4.78. The van der Waals surface area contributed by atoms with E-state index in [1.165, 1.54) is 16.7 Å². The van der Waals surface area contributed by atoms with Crippen LogP contribution in [0.4, 0.5) is 19.1 Å². The Morgan fingerprint density at radius 3 is 2.32 bits per heavy atom. The smallest absolute Gasteiger partial charge is 0.351 e. The second-order valence-corrected chi connectivity index (χ2v) is 7.59. The van der Waals surface area contributed by atoms with Gasteiger partial charge in [0.25, 0.3) is 0 Å². The molecule has 0 spiro atoms. The number of hydrogen-bond donors (Lipinski definition) is 1. The molecule has 3 aromatic rings. The van der Waals surface area contributed by atoms with Crippen LogP contribution in [0.1, 0.15) is 42.1 Å². The van der Waals surface area contributed by atoms with Gasteiger partial charge in [-0.3, -0.25) is 4.57 Å². The molecule has 9 heteroatoms. The third-order valence-corrected chi connectivity index (χ3v) is 4.78. The number of aryl methyl sites for hydroxylation is 1. The van der Waals surface area contributed by atoms with Crippen LogP contribution in [-0.4, -0.2) is 14.1 Å². The van der Waals surface area contributed by atoms with E-state index >= 15 is 0 Å². The van der Waals surface area contributed by atoms with Gasteiger partial charge in [-0.1, -0.05) is 42.0 Å². The molecular weight excluding hydrogens is 409 g/mol. The van der Waals surface area contributed by atoms with Crippen molar-refractivity contribution in [2.75, 3.05) is 5.32 Å². The van der Waals surface area contributed by atoms with Gasteiger partial charge in [0.15, 0.2) is 0 Å². The van der Waals surface area contributed by atoms with Gasteiger partial charge in [-0.25, -0.2) is 14.2 Å². The summed E-state index contributed by atoms with van der Waals surface area (Å²) in [6.07, 6.45) is -4.46. The second kappa shape index (κ2) is 8.79. The van der Waals surface area contributed by atoms with Crippen molar-refractivity contribution in [3.05, 3.63) is 91.8 Å². The van der Waals surface area contributed by atoms with Crippen LogP contribution in [0, 0.1) is 6.92 Å². The zero-order valence-electron chi connectivity index (χ0n) is 17.4. The van der Waals surface area contributed by atoms with Gasteiger partial charge in [0.2, 0.25) is 5.95 Å². The number of hydrogen-bond acceptors (Lipinski definition) is 4. The SMILES string of the molecule is Cc1ccc(Cn2c(NCc3cccc(C(F)(F)F)c3)nc(=O)n(C(C)C)c2=O)cc1. The standard InChI is InChI=1S/C22H23F3N4O2/c1-14(2)29-20(30)27-19(26-12-17-5-4-6-18(11-17)22(23,24)25)28(21(29)31)13-16-9-7-15(3)8-10-16/h4-11,14H,12-13H2,1-3H3,(H,26,27,30). The highest BCUT2D eigenvalue weighted by Crippen LogP contribution is 2.29. The zero-order chi connectivity index (χ0) is 22.8. The quantitative estimate of drug-likeness (QED) is 0.640. The van der Waals surface area contributed by atoms with Crippen molar-refractivity contribution in [3.63, 3.8) is 0 Å². The van der Waals surface area contributed by atoms with Crippen LogP contribution in [0.15, 0.2) is 58.1 Å². The van der Waals surface area contributed by atoms with E-state index in [-0.39, 0.29) is 19.0 Å². The lowest BCUT2D eigenvalue weighted by atomic mass is 10.1. The summed E-state index contributed by atoms with van der Waals surface area (Å²) in [4.78, 5) is 29.4. The molecule has 0 atom stereocenters. The van der Waals surface area contributed by atoms with E-state index in [2.05, 4.69) is 10.3 Å². The van der Waals surface area contributed by atoms with E-state index in [0.29, 0.717) is 5.56 Å². The molecule has 0 unspecified atom stereocenters. The van der Waals surface area contributed by atoms with Gasteiger partial charge in [-0.15, -0.1) is 0 Å². The fourth-order valence-corrected chi connectivity index (χ4v) is 3.14. The highest BCUT2D eigenvalue weighted by atomic mass is 19.4. The number of nitrogens with zero attached hydrogens (tertiary/aromatic N) is 3. The number of halogens is 3. The Bertz CT molecular complexity index is 1180. The Hall–Kier alpha value is -3.36. The monoisotopic (exact) mass is 432 g/mol. The fraction of sp³-hybridized carbons (Fsp3) is 0.318. The number of benzene rings is 2. The Morgan fingerprint density at radius 1 is 1.03 bits per heavy atom. The molecule has 0 aliphatic carbocycles. The van der Waals surface area contributed by atoms with E-state index in [0.717, 1.165) is 27.8 Å². The Morgan fingerprint density at radius 2 is 1.71 bits per heavy atom. The maximum Gasteiger partial charge on any atom is 0.416 e. The molecule has 164 valence electrons. The van der Waals surface area contributed by atoms with E-state index < -0.39 is 29.2 Å². The van der Waals surface area contributed by atoms with Gasteiger partial charge in [0.05, 0.1) is 12.1 Å². The molecule has 0 saturated heterocycles. The van der Waals surface area contributed by atoms with Crippen LogP contribution in [0.5, 0.6) is 0 Å². The van der Waals surface area contributed by atoms with Crippen LogP contribution in [0.25, 0.3) is 0 Å². The number of aromatic nitrogens is 3. The average Bonchev–Trinajstić information content (AvgIpc) is 2.69. The third kappa shape index (κ3) is 5.22. The highest BCUT2D eigenvalue weighted by molar-refractivity contribution is 5.32. The van der Waals surface area contributed by atoms with Crippen LogP contribution in [0.3, 0.4) is 0 Å². The lowest BCUT2D eigenvalue weighted by Crippen LogP contribution is -2.43. The van der Waals surface area contributed by atoms with Crippen molar-refractivity contribution in [1.29, 1.82) is 0 Å². The minimum atomic E-state index is -4.46. The van der Waals surface area contributed by atoms with Crippen molar-refractivity contribution in [1.82, 2.24) is 14.1 Å². The van der Waals surface area contributed by atoms with Crippen LogP contribution in [0.2, 0.25) is 0 Å². The predicted octanol–water partition coefficient (Wildman–Crippen LogP) is 3.97. The summed E-state index contributed by atoms with van der Waals surface area (Å²) in [6, 6.07) is 12.0. The Kier molecular flexibility index (Phi) is 6.33. The summed E-state index contributed by atoms with van der Waals surface area (Å²) >= 11 is 0. The molecule has 6 nitrogen and oxygen atoms in total. The van der Waals surface area contributed by atoms with Crippen LogP contribution in [-0.2, 0) is 19.3 Å². The van der Waals surface area contributed by atoms with E-state index in [1.54, 1.807) is 13.8 Å².